The van der Waals surface area contributed by atoms with Crippen LogP contribution in [0.5, 0.6) is 0 Å². The molecule has 2 aromatic rings. The smallest absolute Gasteiger partial charge is 0.257 e. The Balaban J connectivity index is 2.14. The number of benzene rings is 1. The van der Waals surface area contributed by atoms with Crippen molar-refractivity contribution in [3.05, 3.63) is 69.6 Å². The summed E-state index contributed by atoms with van der Waals surface area (Å²) in [5.41, 5.74) is 2.61. The number of hydrogen-bond donors (Lipinski definition) is 1. The number of amides is 1. The van der Waals surface area contributed by atoms with Crippen molar-refractivity contribution in [1.82, 2.24) is 9.88 Å². The summed E-state index contributed by atoms with van der Waals surface area (Å²) < 4.78 is 1.51. The molecule has 0 atom stereocenters. The van der Waals surface area contributed by atoms with Gasteiger partial charge < -0.3 is 9.88 Å². The Morgan fingerprint density at radius 3 is 2.58 bits per heavy atom. The molecule has 3 rings (SSSR count). The molecule has 0 saturated carbocycles. The normalized spacial score (nSPS) is 15.4. The minimum atomic E-state index is -0.130. The molecule has 0 fully saturated rings. The number of rotatable bonds is 1. The van der Waals surface area contributed by atoms with Crippen LogP contribution in [0.25, 0.3) is 11.8 Å². The van der Waals surface area contributed by atoms with Gasteiger partial charge in [-0.05, 0) is 24.3 Å². The molecular formula is C15H12N2O2. The standard InChI is InChI=1S/C15H12N2O2/c1-17-8-4-5-10(15(17)19)9-13-11-6-2-3-7-12(11)14(18)16-13/h2-9H,1H3,(H,16,18)/b13-9-. The second-order valence-electron chi connectivity index (χ2n) is 4.44. The van der Waals surface area contributed by atoms with Crippen LogP contribution in [0, 0.1) is 0 Å². The van der Waals surface area contributed by atoms with Gasteiger partial charge >= 0.3 is 0 Å². The molecule has 0 bridgehead atoms. The average molecular weight is 252 g/mol. The molecule has 0 aliphatic carbocycles. The number of pyridine rings is 1. The van der Waals surface area contributed by atoms with Crippen LogP contribution in [-0.4, -0.2) is 10.5 Å². The van der Waals surface area contributed by atoms with Gasteiger partial charge in [0.15, 0.2) is 0 Å². The average Bonchev–Trinajstić information content (AvgIpc) is 2.73. The largest absolute Gasteiger partial charge is 0.321 e. The Morgan fingerprint density at radius 2 is 1.79 bits per heavy atom. The summed E-state index contributed by atoms with van der Waals surface area (Å²) in [7, 11) is 1.70. The van der Waals surface area contributed by atoms with Crippen LogP contribution in [0.15, 0.2) is 47.4 Å². The van der Waals surface area contributed by atoms with E-state index < -0.39 is 0 Å². The molecule has 19 heavy (non-hydrogen) atoms. The molecule has 1 aliphatic heterocycles. The van der Waals surface area contributed by atoms with Crippen LogP contribution in [-0.2, 0) is 7.05 Å². The first-order valence-corrected chi connectivity index (χ1v) is 5.95. The minimum Gasteiger partial charge on any atom is -0.321 e. The lowest BCUT2D eigenvalue weighted by atomic mass is 10.1. The van der Waals surface area contributed by atoms with Crippen LogP contribution >= 0.6 is 0 Å². The zero-order valence-electron chi connectivity index (χ0n) is 10.4. The molecule has 1 amide bonds. The molecule has 0 radical (unpaired) electrons. The highest BCUT2D eigenvalue weighted by Gasteiger charge is 2.22. The highest BCUT2D eigenvalue weighted by atomic mass is 16.2. The first-order chi connectivity index (χ1) is 9.16. The number of nitrogens with zero attached hydrogens (tertiary/aromatic N) is 1. The molecule has 1 N–H and O–H groups in total. The molecule has 0 saturated heterocycles. The van der Waals surface area contributed by atoms with E-state index in [1.54, 1.807) is 37.5 Å². The van der Waals surface area contributed by atoms with Crippen LogP contribution in [0.2, 0.25) is 0 Å². The Kier molecular flexibility index (Phi) is 2.56. The summed E-state index contributed by atoms with van der Waals surface area (Å²) in [6.07, 6.45) is 3.41. The second-order valence-corrected chi connectivity index (χ2v) is 4.44. The Bertz CT molecular complexity index is 757. The number of aryl methyl sites for hydroxylation is 1. The quantitative estimate of drug-likeness (QED) is 0.838. The van der Waals surface area contributed by atoms with Gasteiger partial charge in [-0.3, -0.25) is 9.59 Å². The maximum Gasteiger partial charge on any atom is 0.257 e. The van der Waals surface area contributed by atoms with Gasteiger partial charge in [0.25, 0.3) is 11.5 Å². The maximum atomic E-state index is 12.0. The van der Waals surface area contributed by atoms with E-state index in [4.69, 9.17) is 0 Å². The summed E-state index contributed by atoms with van der Waals surface area (Å²) in [6.45, 7) is 0. The highest BCUT2D eigenvalue weighted by Crippen LogP contribution is 2.25. The van der Waals surface area contributed by atoms with Crippen LogP contribution in [0.4, 0.5) is 0 Å². The van der Waals surface area contributed by atoms with Gasteiger partial charge in [-0.1, -0.05) is 18.2 Å². The Labute approximate surface area is 110 Å². The van der Waals surface area contributed by atoms with Gasteiger partial charge in [-0.2, -0.15) is 0 Å². The number of carbonyl (C=O) groups is 1. The van der Waals surface area contributed by atoms with E-state index >= 15 is 0 Å². The van der Waals surface area contributed by atoms with Gasteiger partial charge in [0.05, 0.1) is 0 Å². The number of aromatic nitrogens is 1. The lowest BCUT2D eigenvalue weighted by molar-refractivity contribution is 0.0981. The zero-order chi connectivity index (χ0) is 13.4. The van der Waals surface area contributed by atoms with E-state index in [1.807, 2.05) is 18.2 Å². The molecule has 1 aromatic heterocycles. The predicted molar refractivity (Wildman–Crippen MR) is 73.5 cm³/mol. The first kappa shape index (κ1) is 11.5. The van der Waals surface area contributed by atoms with Gasteiger partial charge in [-0.25, -0.2) is 0 Å². The van der Waals surface area contributed by atoms with Crippen molar-refractivity contribution < 1.29 is 4.79 Å². The topological polar surface area (TPSA) is 51.1 Å². The molecule has 0 unspecified atom stereocenters. The monoisotopic (exact) mass is 252 g/mol. The van der Waals surface area contributed by atoms with Gasteiger partial charge in [0.2, 0.25) is 0 Å². The third-order valence-corrected chi connectivity index (χ3v) is 3.16. The van der Waals surface area contributed by atoms with E-state index in [9.17, 15) is 9.59 Å². The van der Waals surface area contributed by atoms with Crippen molar-refractivity contribution in [2.24, 2.45) is 7.05 Å². The van der Waals surface area contributed by atoms with Gasteiger partial charge in [0, 0.05) is 35.6 Å². The van der Waals surface area contributed by atoms with E-state index in [0.717, 1.165) is 5.56 Å². The fourth-order valence-corrected chi connectivity index (χ4v) is 2.17. The summed E-state index contributed by atoms with van der Waals surface area (Å²) >= 11 is 0. The van der Waals surface area contributed by atoms with Gasteiger partial charge in [0.1, 0.15) is 0 Å². The minimum absolute atomic E-state index is 0.0892. The van der Waals surface area contributed by atoms with Crippen molar-refractivity contribution in [2.75, 3.05) is 0 Å². The number of carbonyl (C=O) groups excluding carboxylic acids is 1. The van der Waals surface area contributed by atoms with Crippen LogP contribution < -0.4 is 10.9 Å². The van der Waals surface area contributed by atoms with E-state index in [-0.39, 0.29) is 11.5 Å². The number of nitrogens with one attached hydrogen (secondary N) is 1. The van der Waals surface area contributed by atoms with Crippen molar-refractivity contribution in [2.45, 2.75) is 0 Å². The number of hydrogen-bond acceptors (Lipinski definition) is 2. The third-order valence-electron chi connectivity index (χ3n) is 3.16. The van der Waals surface area contributed by atoms with Crippen molar-refractivity contribution >= 4 is 17.7 Å². The predicted octanol–water partition coefficient (Wildman–Crippen LogP) is 1.63. The summed E-state index contributed by atoms with van der Waals surface area (Å²) in [5, 5.41) is 2.79. The Morgan fingerprint density at radius 1 is 1.05 bits per heavy atom. The van der Waals surface area contributed by atoms with Crippen molar-refractivity contribution in [3.63, 3.8) is 0 Å². The van der Waals surface area contributed by atoms with Crippen molar-refractivity contribution in [3.8, 4) is 0 Å². The summed E-state index contributed by atoms with van der Waals surface area (Å²) in [4.78, 5) is 23.7. The van der Waals surface area contributed by atoms with Crippen LogP contribution in [0.1, 0.15) is 21.5 Å². The summed E-state index contributed by atoms with van der Waals surface area (Å²) in [6, 6.07) is 10.9. The molecule has 4 nitrogen and oxygen atoms in total. The second kappa shape index (κ2) is 4.24. The molecule has 1 aromatic carbocycles. The lowest BCUT2D eigenvalue weighted by Crippen LogP contribution is -2.18. The van der Waals surface area contributed by atoms with Gasteiger partial charge in [-0.15, -0.1) is 0 Å². The van der Waals surface area contributed by atoms with E-state index in [2.05, 4.69) is 5.32 Å². The van der Waals surface area contributed by atoms with Crippen molar-refractivity contribution in [1.29, 1.82) is 0 Å². The van der Waals surface area contributed by atoms with Crippen LogP contribution in [0.3, 0.4) is 0 Å². The fourth-order valence-electron chi connectivity index (χ4n) is 2.17. The molecule has 1 aliphatic rings. The molecule has 4 heteroatoms. The van der Waals surface area contributed by atoms with E-state index in [0.29, 0.717) is 16.8 Å². The maximum absolute atomic E-state index is 12.0. The Hall–Kier alpha value is -2.62. The fraction of sp³-hybridized carbons (Fsp3) is 0.0667. The molecule has 0 spiro atoms. The zero-order valence-corrected chi connectivity index (χ0v) is 10.4. The third kappa shape index (κ3) is 1.87. The first-order valence-electron chi connectivity index (χ1n) is 5.95. The highest BCUT2D eigenvalue weighted by molar-refractivity contribution is 6.11. The van der Waals surface area contributed by atoms with E-state index in [1.165, 1.54) is 4.57 Å². The molecule has 2 heterocycles. The SMILES string of the molecule is Cn1cccc(/C=C2\NC(=O)c3ccccc32)c1=O. The lowest BCUT2D eigenvalue weighted by Gasteiger charge is -2.01. The molecular weight excluding hydrogens is 240 g/mol. The number of fused-ring (bicyclic) bond motifs is 1. The molecule has 94 valence electrons. The summed E-state index contributed by atoms with van der Waals surface area (Å²) in [5.74, 6) is -0.130.